The minimum absolute atomic E-state index is 0.213. The quantitative estimate of drug-likeness (QED) is 0.447. The summed E-state index contributed by atoms with van der Waals surface area (Å²) in [7, 11) is 0. The topological polar surface area (TPSA) is 85.5 Å². The Labute approximate surface area is 175 Å². The number of carbonyl (C=O) groups excluding carboxylic acids is 1. The van der Waals surface area contributed by atoms with Crippen LogP contribution in [0.25, 0.3) is 28.1 Å². The van der Waals surface area contributed by atoms with Crippen LogP contribution in [-0.4, -0.2) is 42.8 Å². The minimum Gasteiger partial charge on any atom is -0.441 e. The maximum atomic E-state index is 13.6. The molecule has 0 N–H and O–H groups in total. The summed E-state index contributed by atoms with van der Waals surface area (Å²) in [5, 5.41) is 4.80. The fraction of sp³-hybridized carbons (Fsp3) is 0.250. The van der Waals surface area contributed by atoms with Crippen LogP contribution in [0.5, 0.6) is 0 Å². The molecule has 0 radical (unpaired) electrons. The van der Waals surface area contributed by atoms with Gasteiger partial charge >= 0.3 is 6.09 Å². The molecule has 5 rings (SSSR count). The third-order valence-electron chi connectivity index (χ3n) is 4.82. The molecule has 152 valence electrons. The number of rotatable bonds is 2. The number of halogens is 2. The summed E-state index contributed by atoms with van der Waals surface area (Å²) in [5.41, 5.74) is 2.41. The number of ether oxygens (including phenoxy) is 1. The van der Waals surface area contributed by atoms with Crippen LogP contribution in [0.3, 0.4) is 0 Å². The Kier molecular flexibility index (Phi) is 3.94. The van der Waals surface area contributed by atoms with Crippen LogP contribution in [0.2, 0.25) is 5.15 Å². The molecule has 0 atom stereocenters. The first kappa shape index (κ1) is 18.7. The highest BCUT2D eigenvalue weighted by molar-refractivity contribution is 6.29. The van der Waals surface area contributed by atoms with Crippen molar-refractivity contribution in [1.82, 2.24) is 24.6 Å². The van der Waals surface area contributed by atoms with E-state index in [-0.39, 0.29) is 5.15 Å². The zero-order valence-electron chi connectivity index (χ0n) is 16.3. The highest BCUT2D eigenvalue weighted by atomic mass is 35.5. The molecule has 0 unspecified atom stereocenters. The van der Waals surface area contributed by atoms with Crippen molar-refractivity contribution in [3.63, 3.8) is 0 Å². The Balaban J connectivity index is 1.69. The zero-order chi connectivity index (χ0) is 21.2. The van der Waals surface area contributed by atoms with E-state index in [2.05, 4.69) is 20.1 Å². The van der Waals surface area contributed by atoms with Gasteiger partial charge in [0, 0.05) is 18.2 Å². The number of fused-ring (bicyclic) bond motifs is 2. The Hall–Kier alpha value is -3.33. The number of hydrogen-bond acceptors (Lipinski definition) is 6. The smallest absolute Gasteiger partial charge is 0.416 e. The van der Waals surface area contributed by atoms with Crippen LogP contribution in [0.4, 0.5) is 15.0 Å². The van der Waals surface area contributed by atoms with Crippen molar-refractivity contribution in [2.75, 3.05) is 11.4 Å². The van der Waals surface area contributed by atoms with Crippen molar-refractivity contribution >= 4 is 40.2 Å². The fourth-order valence-electron chi connectivity index (χ4n) is 3.54. The maximum Gasteiger partial charge on any atom is 0.416 e. The van der Waals surface area contributed by atoms with Gasteiger partial charge in [-0.15, -0.1) is 0 Å². The van der Waals surface area contributed by atoms with Crippen LogP contribution in [0.15, 0.2) is 30.3 Å². The summed E-state index contributed by atoms with van der Waals surface area (Å²) < 4.78 is 20.6. The standard InChI is InChI=1S/C20H16ClFN6O2/c1-10-18(24-13-6-11(22)4-5-12(13)23-10)14-7-16-25-15(21)8-17(28(16)26-14)27-9-20(2,3)30-19(27)29/h4-8H,9H2,1-3H3. The van der Waals surface area contributed by atoms with Gasteiger partial charge in [0.1, 0.15) is 33.8 Å². The van der Waals surface area contributed by atoms with Gasteiger partial charge in [-0.1, -0.05) is 11.6 Å². The van der Waals surface area contributed by atoms with Gasteiger partial charge in [0.05, 0.1) is 23.3 Å². The molecule has 1 aliphatic heterocycles. The maximum absolute atomic E-state index is 13.6. The van der Waals surface area contributed by atoms with E-state index in [1.807, 2.05) is 13.8 Å². The minimum atomic E-state index is -0.639. The van der Waals surface area contributed by atoms with Gasteiger partial charge in [0.2, 0.25) is 0 Å². The van der Waals surface area contributed by atoms with Crippen molar-refractivity contribution in [1.29, 1.82) is 0 Å². The molecule has 4 aromatic rings. The van der Waals surface area contributed by atoms with Crippen molar-refractivity contribution in [3.05, 3.63) is 47.0 Å². The summed E-state index contributed by atoms with van der Waals surface area (Å²) in [6, 6.07) is 7.50. The average molecular weight is 427 g/mol. The summed E-state index contributed by atoms with van der Waals surface area (Å²) in [6.07, 6.45) is -0.488. The van der Waals surface area contributed by atoms with E-state index in [4.69, 9.17) is 16.3 Å². The molecule has 4 heterocycles. The Bertz CT molecular complexity index is 1350. The molecule has 10 heteroatoms. The van der Waals surface area contributed by atoms with E-state index < -0.39 is 17.5 Å². The van der Waals surface area contributed by atoms with Crippen molar-refractivity contribution in [2.24, 2.45) is 0 Å². The second-order valence-electron chi connectivity index (χ2n) is 7.74. The van der Waals surface area contributed by atoms with E-state index in [1.54, 1.807) is 25.1 Å². The predicted molar refractivity (Wildman–Crippen MR) is 109 cm³/mol. The number of nitrogens with zero attached hydrogens (tertiary/aromatic N) is 6. The monoisotopic (exact) mass is 426 g/mol. The number of aryl methyl sites for hydroxylation is 1. The van der Waals surface area contributed by atoms with Crippen molar-refractivity contribution < 1.29 is 13.9 Å². The molecule has 1 aliphatic rings. The van der Waals surface area contributed by atoms with Gasteiger partial charge in [-0.25, -0.2) is 24.1 Å². The second-order valence-corrected chi connectivity index (χ2v) is 8.13. The van der Waals surface area contributed by atoms with Crippen LogP contribution in [-0.2, 0) is 4.74 Å². The molecule has 1 amide bonds. The molecule has 3 aromatic heterocycles. The zero-order valence-corrected chi connectivity index (χ0v) is 17.1. The first-order valence-electron chi connectivity index (χ1n) is 9.21. The number of cyclic esters (lactones) is 1. The lowest BCUT2D eigenvalue weighted by Gasteiger charge is -2.16. The normalized spacial score (nSPS) is 15.9. The molecule has 0 bridgehead atoms. The molecule has 0 saturated carbocycles. The molecule has 1 aromatic carbocycles. The van der Waals surface area contributed by atoms with E-state index >= 15 is 0 Å². The summed E-state index contributed by atoms with van der Waals surface area (Å²) >= 11 is 6.20. The number of carbonyl (C=O) groups is 1. The highest BCUT2D eigenvalue weighted by Crippen LogP contribution is 2.31. The lowest BCUT2D eigenvalue weighted by molar-refractivity contribution is 0.0871. The number of amides is 1. The SMILES string of the molecule is Cc1nc2ccc(F)cc2nc1-c1cc2nc(Cl)cc(N3CC(C)(C)OC3=O)n2n1. The van der Waals surface area contributed by atoms with Gasteiger partial charge in [-0.2, -0.15) is 9.61 Å². The number of benzene rings is 1. The number of aromatic nitrogens is 5. The van der Waals surface area contributed by atoms with E-state index in [0.717, 1.165) is 0 Å². The Morgan fingerprint density at radius 1 is 1.13 bits per heavy atom. The predicted octanol–water partition coefficient (Wildman–Crippen LogP) is 4.18. The van der Waals surface area contributed by atoms with E-state index in [9.17, 15) is 9.18 Å². The molecule has 8 nitrogen and oxygen atoms in total. The van der Waals surface area contributed by atoms with E-state index in [1.165, 1.54) is 21.5 Å². The number of hydrogen-bond donors (Lipinski definition) is 0. The second kappa shape index (κ2) is 6.33. The third-order valence-corrected chi connectivity index (χ3v) is 5.01. The lowest BCUT2D eigenvalue weighted by Crippen LogP contribution is -2.30. The molecule has 0 spiro atoms. The van der Waals surface area contributed by atoms with Gasteiger partial charge < -0.3 is 4.74 Å². The first-order valence-corrected chi connectivity index (χ1v) is 9.59. The summed E-state index contributed by atoms with van der Waals surface area (Å²) in [6.45, 7) is 5.79. The van der Waals surface area contributed by atoms with Crippen LogP contribution < -0.4 is 4.90 Å². The third kappa shape index (κ3) is 3.02. The highest BCUT2D eigenvalue weighted by Gasteiger charge is 2.39. The van der Waals surface area contributed by atoms with Crippen molar-refractivity contribution in [3.8, 4) is 11.4 Å². The van der Waals surface area contributed by atoms with Crippen LogP contribution in [0.1, 0.15) is 19.5 Å². The fourth-order valence-corrected chi connectivity index (χ4v) is 3.72. The molecule has 1 fully saturated rings. The molecule has 30 heavy (non-hydrogen) atoms. The molecule has 0 aliphatic carbocycles. The first-order chi connectivity index (χ1) is 14.2. The van der Waals surface area contributed by atoms with Crippen LogP contribution in [0, 0.1) is 12.7 Å². The van der Waals surface area contributed by atoms with Gasteiger partial charge in [0.25, 0.3) is 0 Å². The summed E-state index contributed by atoms with van der Waals surface area (Å²) in [5.74, 6) is 0.0387. The van der Waals surface area contributed by atoms with E-state index in [0.29, 0.717) is 46.1 Å². The molecular formula is C20H16ClFN6O2. The summed E-state index contributed by atoms with van der Waals surface area (Å²) in [4.78, 5) is 27.2. The van der Waals surface area contributed by atoms with Crippen molar-refractivity contribution in [2.45, 2.75) is 26.4 Å². The average Bonchev–Trinajstić information content (AvgIpc) is 3.20. The Morgan fingerprint density at radius 2 is 1.93 bits per heavy atom. The van der Waals surface area contributed by atoms with Gasteiger partial charge in [-0.3, -0.25) is 4.90 Å². The largest absolute Gasteiger partial charge is 0.441 e. The lowest BCUT2D eigenvalue weighted by atomic mass is 10.1. The molecular weight excluding hydrogens is 411 g/mol. The van der Waals surface area contributed by atoms with Gasteiger partial charge in [-0.05, 0) is 32.9 Å². The van der Waals surface area contributed by atoms with Crippen LogP contribution >= 0.6 is 11.6 Å². The number of anilines is 1. The Morgan fingerprint density at radius 3 is 2.67 bits per heavy atom. The molecule has 1 saturated heterocycles. The van der Waals surface area contributed by atoms with Gasteiger partial charge in [0.15, 0.2) is 5.65 Å².